The fourth-order valence-electron chi connectivity index (χ4n) is 4.02. The molecule has 0 atom stereocenters. The number of nitrogens with zero attached hydrogens (tertiary/aromatic N) is 4. The number of aromatic amines is 1. The van der Waals surface area contributed by atoms with Crippen LogP contribution in [-0.4, -0.2) is 47.9 Å². The molecule has 2 N–H and O–H groups in total. The Bertz CT molecular complexity index is 891. The monoisotopic (exact) mass is 334 g/mol. The number of aromatic nitrogens is 3. The molecule has 6 nitrogen and oxygen atoms in total. The van der Waals surface area contributed by atoms with Gasteiger partial charge in [-0.1, -0.05) is 12.1 Å². The SMILES string of the molecule is c1cc(N2CCc3c(N4CCNCC4)n[nH]c3C2)c2cnccc2c1. The highest BCUT2D eigenvalue weighted by Gasteiger charge is 2.26. The van der Waals surface area contributed by atoms with Crippen molar-refractivity contribution in [2.24, 2.45) is 0 Å². The van der Waals surface area contributed by atoms with Crippen molar-refractivity contribution in [3.05, 3.63) is 47.9 Å². The molecule has 4 heterocycles. The Morgan fingerprint density at radius 1 is 1.00 bits per heavy atom. The molecule has 5 rings (SSSR count). The summed E-state index contributed by atoms with van der Waals surface area (Å²) < 4.78 is 0. The summed E-state index contributed by atoms with van der Waals surface area (Å²) in [5.74, 6) is 1.16. The number of benzene rings is 1. The Hall–Kier alpha value is -2.60. The van der Waals surface area contributed by atoms with E-state index >= 15 is 0 Å². The molecule has 0 radical (unpaired) electrons. The van der Waals surface area contributed by atoms with E-state index in [4.69, 9.17) is 0 Å². The van der Waals surface area contributed by atoms with Crippen LogP contribution in [0.2, 0.25) is 0 Å². The van der Waals surface area contributed by atoms with Gasteiger partial charge < -0.3 is 15.1 Å². The zero-order valence-corrected chi connectivity index (χ0v) is 14.2. The van der Waals surface area contributed by atoms with Crippen LogP contribution in [0.3, 0.4) is 0 Å². The third-order valence-corrected chi connectivity index (χ3v) is 5.33. The van der Waals surface area contributed by atoms with Gasteiger partial charge in [0.2, 0.25) is 0 Å². The lowest BCUT2D eigenvalue weighted by atomic mass is 10.0. The Morgan fingerprint density at radius 3 is 2.84 bits per heavy atom. The molecule has 1 fully saturated rings. The van der Waals surface area contributed by atoms with Crippen LogP contribution < -0.4 is 15.1 Å². The Balaban J connectivity index is 1.45. The smallest absolute Gasteiger partial charge is 0.154 e. The number of fused-ring (bicyclic) bond motifs is 2. The lowest BCUT2D eigenvalue weighted by Crippen LogP contribution is -2.44. The summed E-state index contributed by atoms with van der Waals surface area (Å²) in [7, 11) is 0. The Kier molecular flexibility index (Phi) is 3.56. The predicted octanol–water partition coefficient (Wildman–Crippen LogP) is 1.93. The highest BCUT2D eigenvalue weighted by atomic mass is 15.3. The molecule has 0 aliphatic carbocycles. The highest BCUT2D eigenvalue weighted by molar-refractivity contribution is 5.93. The number of rotatable bonds is 2. The van der Waals surface area contributed by atoms with Gasteiger partial charge in [-0.15, -0.1) is 0 Å². The van der Waals surface area contributed by atoms with E-state index in [-0.39, 0.29) is 0 Å². The van der Waals surface area contributed by atoms with Crippen molar-refractivity contribution >= 4 is 22.3 Å². The molecule has 3 aromatic rings. The normalized spacial score (nSPS) is 17.8. The van der Waals surface area contributed by atoms with Gasteiger partial charge in [0.15, 0.2) is 5.82 Å². The van der Waals surface area contributed by atoms with Gasteiger partial charge in [-0.3, -0.25) is 10.1 Å². The summed E-state index contributed by atoms with van der Waals surface area (Å²) in [6, 6.07) is 8.55. The van der Waals surface area contributed by atoms with E-state index in [0.717, 1.165) is 51.5 Å². The lowest BCUT2D eigenvalue weighted by Gasteiger charge is -2.32. The van der Waals surface area contributed by atoms with Crippen LogP contribution in [0.1, 0.15) is 11.3 Å². The molecular weight excluding hydrogens is 312 g/mol. The maximum absolute atomic E-state index is 4.65. The fraction of sp³-hybridized carbons (Fsp3) is 0.368. The molecular formula is C19H22N6. The van der Waals surface area contributed by atoms with Crippen LogP contribution in [0.4, 0.5) is 11.5 Å². The maximum Gasteiger partial charge on any atom is 0.154 e. The van der Waals surface area contributed by atoms with Gasteiger partial charge in [0, 0.05) is 61.8 Å². The first kappa shape index (κ1) is 14.7. The number of hydrogen-bond acceptors (Lipinski definition) is 5. The molecule has 1 aromatic carbocycles. The molecule has 0 unspecified atom stereocenters. The predicted molar refractivity (Wildman–Crippen MR) is 100 cm³/mol. The van der Waals surface area contributed by atoms with E-state index in [1.807, 2.05) is 12.4 Å². The average Bonchev–Trinajstić information content (AvgIpc) is 3.11. The van der Waals surface area contributed by atoms with E-state index in [0.29, 0.717) is 0 Å². The van der Waals surface area contributed by atoms with Crippen molar-refractivity contribution < 1.29 is 0 Å². The number of H-pyrrole nitrogens is 1. The summed E-state index contributed by atoms with van der Waals surface area (Å²) in [5.41, 5.74) is 3.91. The van der Waals surface area contributed by atoms with E-state index in [2.05, 4.69) is 54.6 Å². The number of anilines is 2. The molecule has 1 saturated heterocycles. The van der Waals surface area contributed by atoms with Gasteiger partial charge >= 0.3 is 0 Å². The molecule has 6 heteroatoms. The highest BCUT2D eigenvalue weighted by Crippen LogP contribution is 2.32. The molecule has 0 bridgehead atoms. The number of piperazine rings is 1. The van der Waals surface area contributed by atoms with Crippen molar-refractivity contribution in [1.82, 2.24) is 20.5 Å². The maximum atomic E-state index is 4.65. The van der Waals surface area contributed by atoms with Gasteiger partial charge in [-0.2, -0.15) is 5.10 Å². The molecule has 2 aromatic heterocycles. The summed E-state index contributed by atoms with van der Waals surface area (Å²) in [6.45, 7) is 6.04. The van der Waals surface area contributed by atoms with Gasteiger partial charge in [-0.05, 0) is 23.9 Å². The first-order chi connectivity index (χ1) is 12.4. The van der Waals surface area contributed by atoms with Crippen molar-refractivity contribution in [3.8, 4) is 0 Å². The van der Waals surface area contributed by atoms with E-state index < -0.39 is 0 Å². The van der Waals surface area contributed by atoms with Crippen LogP contribution in [0.25, 0.3) is 10.8 Å². The van der Waals surface area contributed by atoms with Gasteiger partial charge in [0.1, 0.15) is 0 Å². The zero-order valence-electron chi connectivity index (χ0n) is 14.2. The molecule has 25 heavy (non-hydrogen) atoms. The molecule has 0 spiro atoms. The number of pyridine rings is 1. The molecule has 0 saturated carbocycles. The number of nitrogens with one attached hydrogen (secondary N) is 2. The van der Waals surface area contributed by atoms with Crippen molar-refractivity contribution in [3.63, 3.8) is 0 Å². The van der Waals surface area contributed by atoms with Crippen molar-refractivity contribution in [1.29, 1.82) is 0 Å². The molecule has 128 valence electrons. The summed E-state index contributed by atoms with van der Waals surface area (Å²) in [4.78, 5) is 9.16. The summed E-state index contributed by atoms with van der Waals surface area (Å²) in [6.07, 6.45) is 4.86. The molecule has 0 amide bonds. The minimum Gasteiger partial charge on any atom is -0.365 e. The number of hydrogen-bond donors (Lipinski definition) is 2. The van der Waals surface area contributed by atoms with Gasteiger partial charge in [0.25, 0.3) is 0 Å². The minimum atomic E-state index is 0.877. The van der Waals surface area contributed by atoms with Gasteiger partial charge in [0.05, 0.1) is 12.2 Å². The van der Waals surface area contributed by atoms with Crippen LogP contribution in [0.15, 0.2) is 36.7 Å². The Morgan fingerprint density at radius 2 is 1.92 bits per heavy atom. The first-order valence-electron chi connectivity index (χ1n) is 8.99. The summed E-state index contributed by atoms with van der Waals surface area (Å²) in [5, 5.41) is 13.8. The van der Waals surface area contributed by atoms with Crippen molar-refractivity contribution in [2.45, 2.75) is 13.0 Å². The second kappa shape index (κ2) is 6.04. The average molecular weight is 334 g/mol. The summed E-state index contributed by atoms with van der Waals surface area (Å²) >= 11 is 0. The second-order valence-corrected chi connectivity index (χ2v) is 6.79. The third kappa shape index (κ3) is 2.53. The van der Waals surface area contributed by atoms with Crippen LogP contribution >= 0.6 is 0 Å². The zero-order chi connectivity index (χ0) is 16.6. The Labute approximate surface area is 146 Å². The van der Waals surface area contributed by atoms with Crippen LogP contribution in [0, 0.1) is 0 Å². The van der Waals surface area contributed by atoms with Gasteiger partial charge in [-0.25, -0.2) is 0 Å². The van der Waals surface area contributed by atoms with E-state index in [1.54, 1.807) is 0 Å². The standard InChI is InChI=1S/C19H22N6/c1-2-14-4-6-21-12-16(14)18(3-1)25-9-5-15-17(13-25)22-23-19(15)24-10-7-20-8-11-24/h1-4,6,12,20H,5,7-11,13H2,(H,22,23). The largest absolute Gasteiger partial charge is 0.365 e. The second-order valence-electron chi connectivity index (χ2n) is 6.79. The topological polar surface area (TPSA) is 60.1 Å². The van der Waals surface area contributed by atoms with Crippen LogP contribution in [0.5, 0.6) is 0 Å². The fourth-order valence-corrected chi connectivity index (χ4v) is 4.02. The minimum absolute atomic E-state index is 0.877. The first-order valence-corrected chi connectivity index (χ1v) is 8.99. The quantitative estimate of drug-likeness (QED) is 0.750. The van der Waals surface area contributed by atoms with Crippen LogP contribution in [-0.2, 0) is 13.0 Å². The molecule has 2 aliphatic rings. The lowest BCUT2D eigenvalue weighted by molar-refractivity contribution is 0.582. The third-order valence-electron chi connectivity index (χ3n) is 5.33. The molecule has 2 aliphatic heterocycles. The van der Waals surface area contributed by atoms with Crippen molar-refractivity contribution in [2.75, 3.05) is 42.5 Å². The van der Waals surface area contributed by atoms with E-state index in [9.17, 15) is 0 Å². The van der Waals surface area contributed by atoms with E-state index in [1.165, 1.54) is 27.7 Å².